The molecule has 0 aliphatic carbocycles. The SMILES string of the molecule is CC/C=C/Cn1c(NC(=O)c2oc(C)nc2CC)nc2cc(C(N)=O)cc(OCCCO)c21.CCc1nc(C)oc1C(=O)Nc1nc2c(OC)cc(C(N)=O)cc2[nH]1. The molecule has 4 heterocycles. The molecule has 0 atom stereocenters. The molecule has 306 valence electrons. The van der Waals surface area contributed by atoms with Gasteiger partial charge in [0, 0.05) is 44.5 Å². The van der Waals surface area contributed by atoms with Gasteiger partial charge in [-0.2, -0.15) is 0 Å². The number of rotatable bonds is 16. The molecule has 2 aromatic carbocycles. The number of aromatic amines is 1. The number of nitrogens with one attached hydrogen (secondary N) is 3. The van der Waals surface area contributed by atoms with Crippen LogP contribution in [-0.2, 0) is 19.4 Å². The molecule has 8 N–H and O–H groups in total. The minimum Gasteiger partial charge on any atom is -0.494 e. The number of nitrogens with two attached hydrogens (primary N) is 2. The summed E-state index contributed by atoms with van der Waals surface area (Å²) in [7, 11) is 1.46. The summed E-state index contributed by atoms with van der Waals surface area (Å²) in [6, 6.07) is 6.14. The van der Waals surface area contributed by atoms with Gasteiger partial charge < -0.3 is 44.4 Å². The van der Waals surface area contributed by atoms with Crippen molar-refractivity contribution in [3.8, 4) is 11.5 Å². The summed E-state index contributed by atoms with van der Waals surface area (Å²) < 4.78 is 23.7. The van der Waals surface area contributed by atoms with Crippen molar-refractivity contribution in [1.29, 1.82) is 0 Å². The summed E-state index contributed by atoms with van der Waals surface area (Å²) >= 11 is 0. The lowest BCUT2D eigenvalue weighted by atomic mass is 10.1. The van der Waals surface area contributed by atoms with Crippen LogP contribution in [0.1, 0.15) is 98.6 Å². The molecule has 58 heavy (non-hydrogen) atoms. The highest BCUT2D eigenvalue weighted by Gasteiger charge is 2.24. The molecule has 6 aromatic rings. The first-order valence-electron chi connectivity index (χ1n) is 18.5. The first-order chi connectivity index (χ1) is 27.8. The van der Waals surface area contributed by atoms with Crippen LogP contribution in [0.5, 0.6) is 11.5 Å². The van der Waals surface area contributed by atoms with Crippen molar-refractivity contribution in [2.45, 2.75) is 66.8 Å². The summed E-state index contributed by atoms with van der Waals surface area (Å²) in [5.41, 5.74) is 14.4. The standard InChI is InChI=1S/C23H29N5O5.C16H17N5O4/c1-4-6-7-9-28-19-17(12-15(21(24)30)13-18(19)32-11-8-10-29)26-23(28)27-22(31)20-16(5-2)25-14(3)33-20;1-4-9-13(25-7(2)18-9)15(23)21-16-19-10-5-8(14(17)22)6-11(24-3)12(10)20-16/h6-7,12-13,29H,4-5,8-11H2,1-3H3,(H2,24,30)(H,26,27,31);5-6H,4H2,1-3H3,(H2,17,22)(H2,19,20,21,23)/b7-6+;. The number of aromatic nitrogens is 6. The smallest absolute Gasteiger partial charge is 0.295 e. The van der Waals surface area contributed by atoms with Crippen LogP contribution in [0.3, 0.4) is 0 Å². The average molecular weight is 799 g/mol. The number of ether oxygens (including phenoxy) is 2. The van der Waals surface area contributed by atoms with Gasteiger partial charge in [-0.15, -0.1) is 0 Å². The number of nitrogens with zero attached hydrogens (tertiary/aromatic N) is 5. The maximum Gasteiger partial charge on any atom is 0.295 e. The van der Waals surface area contributed by atoms with E-state index in [2.05, 4.69) is 35.6 Å². The molecule has 4 aromatic heterocycles. The Bertz CT molecular complexity index is 2490. The lowest BCUT2D eigenvalue weighted by Gasteiger charge is -2.12. The van der Waals surface area contributed by atoms with Gasteiger partial charge >= 0.3 is 0 Å². The number of carbonyl (C=O) groups excluding carboxylic acids is 4. The van der Waals surface area contributed by atoms with Gasteiger partial charge in [0.05, 0.1) is 36.1 Å². The molecule has 0 saturated heterocycles. The number of aliphatic hydroxyl groups excluding tert-OH is 1. The van der Waals surface area contributed by atoms with Crippen molar-refractivity contribution in [1.82, 2.24) is 29.5 Å². The van der Waals surface area contributed by atoms with Crippen LogP contribution in [0.15, 0.2) is 45.3 Å². The summed E-state index contributed by atoms with van der Waals surface area (Å²) in [6.45, 7) is 9.76. The highest BCUT2D eigenvalue weighted by molar-refractivity contribution is 6.05. The lowest BCUT2D eigenvalue weighted by Crippen LogP contribution is -2.17. The summed E-state index contributed by atoms with van der Waals surface area (Å²) in [5, 5.41) is 14.5. The molecule has 0 saturated carbocycles. The molecule has 6 rings (SSSR count). The molecule has 19 nitrogen and oxygen atoms in total. The number of H-pyrrole nitrogens is 1. The van der Waals surface area contributed by atoms with E-state index in [1.807, 2.05) is 32.9 Å². The first kappa shape index (κ1) is 42.1. The van der Waals surface area contributed by atoms with Crippen LogP contribution in [0, 0.1) is 13.8 Å². The number of amides is 4. The predicted octanol–water partition coefficient (Wildman–Crippen LogP) is 4.76. The van der Waals surface area contributed by atoms with Crippen LogP contribution in [0.4, 0.5) is 11.9 Å². The largest absolute Gasteiger partial charge is 0.494 e. The Morgan fingerprint density at radius 3 is 2.02 bits per heavy atom. The molecule has 0 aliphatic heterocycles. The second kappa shape index (κ2) is 18.7. The first-order valence-corrected chi connectivity index (χ1v) is 18.5. The van der Waals surface area contributed by atoms with Gasteiger partial charge in [-0.3, -0.25) is 29.8 Å². The maximum absolute atomic E-state index is 13.0. The third-order valence-electron chi connectivity index (χ3n) is 8.55. The molecule has 4 amide bonds. The van der Waals surface area contributed by atoms with E-state index in [0.717, 1.165) is 6.42 Å². The summed E-state index contributed by atoms with van der Waals surface area (Å²) in [6.07, 6.45) is 6.32. The van der Waals surface area contributed by atoms with E-state index in [1.54, 1.807) is 36.6 Å². The number of benzene rings is 2. The molecule has 0 aliphatic rings. The summed E-state index contributed by atoms with van der Waals surface area (Å²) in [4.78, 5) is 68.8. The fourth-order valence-electron chi connectivity index (χ4n) is 5.89. The maximum atomic E-state index is 13.0. The minimum absolute atomic E-state index is 0.0329. The van der Waals surface area contributed by atoms with Crippen molar-refractivity contribution in [2.75, 3.05) is 31.0 Å². The number of anilines is 2. The normalized spacial score (nSPS) is 11.2. The van der Waals surface area contributed by atoms with Crippen LogP contribution >= 0.6 is 0 Å². The van der Waals surface area contributed by atoms with E-state index in [0.29, 0.717) is 82.5 Å². The molecule has 19 heteroatoms. The van der Waals surface area contributed by atoms with E-state index in [1.165, 1.54) is 13.2 Å². The van der Waals surface area contributed by atoms with E-state index < -0.39 is 23.6 Å². The van der Waals surface area contributed by atoms with E-state index in [9.17, 15) is 19.2 Å². The Balaban J connectivity index is 0.000000229. The number of methoxy groups -OCH3 is 1. The number of hydrogen-bond donors (Lipinski definition) is 6. The Morgan fingerprint density at radius 2 is 1.45 bits per heavy atom. The Hall–Kier alpha value is -7.02. The number of aryl methyl sites for hydroxylation is 4. The zero-order chi connectivity index (χ0) is 42.1. The average Bonchev–Trinajstić information content (AvgIpc) is 3.98. The fraction of sp³-hybridized carbons (Fsp3) is 0.333. The van der Waals surface area contributed by atoms with Crippen molar-refractivity contribution in [3.63, 3.8) is 0 Å². The van der Waals surface area contributed by atoms with Gasteiger partial charge in [0.15, 0.2) is 11.8 Å². The van der Waals surface area contributed by atoms with Gasteiger partial charge in [0.25, 0.3) is 11.8 Å². The highest BCUT2D eigenvalue weighted by Crippen LogP contribution is 2.32. The number of allylic oxidation sites excluding steroid dienone is 2. The molecular weight excluding hydrogens is 752 g/mol. The third-order valence-corrected chi connectivity index (χ3v) is 8.55. The number of primary amides is 2. The minimum atomic E-state index is -0.625. The number of imidazole rings is 2. The zero-order valence-corrected chi connectivity index (χ0v) is 33.0. The highest BCUT2D eigenvalue weighted by atomic mass is 16.5. The van der Waals surface area contributed by atoms with Crippen LogP contribution < -0.4 is 31.6 Å². The fourth-order valence-corrected chi connectivity index (χ4v) is 5.89. The summed E-state index contributed by atoms with van der Waals surface area (Å²) in [5.74, 6) is 0.153. The molecular formula is C39H46N10O9. The number of carbonyl (C=O) groups is 4. The Labute approximate surface area is 332 Å². The zero-order valence-electron chi connectivity index (χ0n) is 33.0. The van der Waals surface area contributed by atoms with Gasteiger partial charge in [-0.25, -0.2) is 19.9 Å². The topological polar surface area (TPSA) is 282 Å². The quantitative estimate of drug-likeness (QED) is 0.0570. The number of oxazole rings is 2. The van der Waals surface area contributed by atoms with E-state index >= 15 is 0 Å². The van der Waals surface area contributed by atoms with Gasteiger partial charge in [0.1, 0.15) is 22.5 Å². The van der Waals surface area contributed by atoms with Gasteiger partial charge in [0.2, 0.25) is 35.2 Å². The second-order valence-electron chi connectivity index (χ2n) is 12.7. The predicted molar refractivity (Wildman–Crippen MR) is 213 cm³/mol. The Morgan fingerprint density at radius 1 is 0.845 bits per heavy atom. The second-order valence-corrected chi connectivity index (χ2v) is 12.7. The van der Waals surface area contributed by atoms with E-state index in [-0.39, 0.29) is 47.8 Å². The third kappa shape index (κ3) is 9.49. The van der Waals surface area contributed by atoms with Crippen LogP contribution in [0.25, 0.3) is 22.1 Å². The number of hydrogen-bond acceptors (Lipinski definition) is 13. The van der Waals surface area contributed by atoms with E-state index in [4.69, 9.17) is 34.9 Å². The van der Waals surface area contributed by atoms with Gasteiger partial charge in [-0.05, 0) is 43.5 Å². The molecule has 0 radical (unpaired) electrons. The molecule has 0 unspecified atom stereocenters. The van der Waals surface area contributed by atoms with Crippen LogP contribution in [0.2, 0.25) is 0 Å². The molecule has 0 fully saturated rings. The number of fused-ring (bicyclic) bond motifs is 2. The van der Waals surface area contributed by atoms with Crippen molar-refractivity contribution in [3.05, 3.63) is 82.2 Å². The number of aliphatic hydroxyl groups is 1. The van der Waals surface area contributed by atoms with Crippen LogP contribution in [-0.4, -0.2) is 78.5 Å². The molecule has 0 spiro atoms. The van der Waals surface area contributed by atoms with Gasteiger partial charge in [-0.1, -0.05) is 32.9 Å². The Kier molecular flexibility index (Phi) is 13.6. The lowest BCUT2D eigenvalue weighted by molar-refractivity contribution is 0.0986. The monoisotopic (exact) mass is 798 g/mol. The van der Waals surface area contributed by atoms with Crippen molar-refractivity contribution in [2.24, 2.45) is 11.5 Å². The molecule has 0 bridgehead atoms. The van der Waals surface area contributed by atoms with Crippen molar-refractivity contribution < 1.29 is 42.6 Å². The van der Waals surface area contributed by atoms with Crippen molar-refractivity contribution >= 4 is 57.6 Å².